The van der Waals surface area contributed by atoms with Gasteiger partial charge in [0.1, 0.15) is 5.69 Å². The second-order valence-corrected chi connectivity index (χ2v) is 5.95. The van der Waals surface area contributed by atoms with Gasteiger partial charge < -0.3 is 10.3 Å². The molecule has 2 N–H and O–H groups in total. The van der Waals surface area contributed by atoms with Gasteiger partial charge in [0.2, 0.25) is 5.88 Å². The highest BCUT2D eigenvalue weighted by molar-refractivity contribution is 7.90. The second-order valence-electron chi connectivity index (χ2n) is 3.53. The van der Waals surface area contributed by atoms with Crippen molar-refractivity contribution in [2.75, 3.05) is 12.0 Å². The Labute approximate surface area is 103 Å². The molecule has 0 aliphatic carbocycles. The van der Waals surface area contributed by atoms with Crippen LogP contribution in [0.25, 0.3) is 11.3 Å². The Morgan fingerprint density at radius 1 is 1.35 bits per heavy atom. The van der Waals surface area contributed by atoms with Crippen LogP contribution in [0.2, 0.25) is 5.02 Å². The lowest BCUT2D eigenvalue weighted by atomic mass is 10.1. The average molecular weight is 273 g/mol. The quantitative estimate of drug-likeness (QED) is 0.903. The first-order chi connectivity index (χ1) is 7.88. The molecule has 0 saturated carbocycles. The number of nitrogens with two attached hydrogens (primary N) is 1. The molecule has 7 heteroatoms. The van der Waals surface area contributed by atoms with E-state index in [0.29, 0.717) is 16.3 Å². The summed E-state index contributed by atoms with van der Waals surface area (Å²) in [5, 5.41) is 4.07. The third kappa shape index (κ3) is 2.42. The van der Waals surface area contributed by atoms with Crippen molar-refractivity contribution in [1.29, 1.82) is 0 Å². The van der Waals surface area contributed by atoms with Gasteiger partial charge in [-0.25, -0.2) is 8.42 Å². The van der Waals surface area contributed by atoms with E-state index in [1.807, 2.05) is 0 Å². The van der Waals surface area contributed by atoms with Gasteiger partial charge >= 0.3 is 0 Å². The summed E-state index contributed by atoms with van der Waals surface area (Å²) in [4.78, 5) is 0.165. The third-order valence-corrected chi connectivity index (χ3v) is 3.61. The van der Waals surface area contributed by atoms with Gasteiger partial charge in [0, 0.05) is 17.9 Å². The fourth-order valence-corrected chi connectivity index (χ4v) is 2.21. The third-order valence-electron chi connectivity index (χ3n) is 2.17. The topological polar surface area (TPSA) is 86.2 Å². The Kier molecular flexibility index (Phi) is 2.84. The molecule has 0 aliphatic heterocycles. The number of nitrogen functional groups attached to an aromatic ring is 1. The van der Waals surface area contributed by atoms with Crippen LogP contribution in [-0.4, -0.2) is 19.8 Å². The van der Waals surface area contributed by atoms with E-state index >= 15 is 0 Å². The first-order valence-electron chi connectivity index (χ1n) is 4.60. The Morgan fingerprint density at radius 3 is 2.59 bits per heavy atom. The number of aromatic nitrogens is 1. The monoisotopic (exact) mass is 272 g/mol. The molecule has 5 nitrogen and oxygen atoms in total. The van der Waals surface area contributed by atoms with Gasteiger partial charge in [0.25, 0.3) is 0 Å². The van der Waals surface area contributed by atoms with Gasteiger partial charge in [-0.15, -0.1) is 0 Å². The van der Waals surface area contributed by atoms with E-state index in [-0.39, 0.29) is 10.8 Å². The van der Waals surface area contributed by atoms with Crippen LogP contribution in [0.1, 0.15) is 0 Å². The summed E-state index contributed by atoms with van der Waals surface area (Å²) < 4.78 is 27.6. The van der Waals surface area contributed by atoms with Crippen molar-refractivity contribution in [2.24, 2.45) is 0 Å². The standard InChI is InChI=1S/C10H9ClN2O3S/c1-17(14,15)6-2-3-8(11)7(4-6)9-5-10(12)16-13-9/h2-5H,12H2,1H3. The molecule has 0 atom stereocenters. The zero-order valence-corrected chi connectivity index (χ0v) is 10.4. The lowest BCUT2D eigenvalue weighted by Crippen LogP contribution is -1.97. The van der Waals surface area contributed by atoms with Gasteiger partial charge in [-0.05, 0) is 18.2 Å². The number of anilines is 1. The molecule has 1 heterocycles. The number of rotatable bonds is 2. The molecular formula is C10H9ClN2O3S. The Balaban J connectivity index is 2.62. The fraction of sp³-hybridized carbons (Fsp3) is 0.100. The van der Waals surface area contributed by atoms with Crippen LogP contribution in [0.4, 0.5) is 5.88 Å². The Hall–Kier alpha value is -1.53. The highest BCUT2D eigenvalue weighted by Gasteiger charge is 2.14. The van der Waals surface area contributed by atoms with Crippen molar-refractivity contribution < 1.29 is 12.9 Å². The molecule has 2 aromatic rings. The summed E-state index contributed by atoms with van der Waals surface area (Å²) in [6, 6.07) is 5.85. The van der Waals surface area contributed by atoms with E-state index in [4.69, 9.17) is 21.9 Å². The van der Waals surface area contributed by atoms with E-state index < -0.39 is 9.84 Å². The first-order valence-corrected chi connectivity index (χ1v) is 6.87. The molecule has 0 amide bonds. The predicted molar refractivity (Wildman–Crippen MR) is 64.5 cm³/mol. The second kappa shape index (κ2) is 4.05. The van der Waals surface area contributed by atoms with E-state index in [1.165, 1.54) is 24.3 Å². The highest BCUT2D eigenvalue weighted by atomic mass is 35.5. The maximum Gasteiger partial charge on any atom is 0.222 e. The largest absolute Gasteiger partial charge is 0.368 e. The Morgan fingerprint density at radius 2 is 2.06 bits per heavy atom. The van der Waals surface area contributed by atoms with Crippen molar-refractivity contribution in [3.8, 4) is 11.3 Å². The molecule has 1 aromatic heterocycles. The minimum absolute atomic E-state index is 0.140. The van der Waals surface area contributed by atoms with Crippen LogP contribution in [-0.2, 0) is 9.84 Å². The minimum Gasteiger partial charge on any atom is -0.368 e. The molecule has 0 fully saturated rings. The van der Waals surface area contributed by atoms with Gasteiger partial charge in [0.15, 0.2) is 9.84 Å². The number of hydrogen-bond acceptors (Lipinski definition) is 5. The molecule has 0 aliphatic rings. The molecule has 0 radical (unpaired) electrons. The van der Waals surface area contributed by atoms with Gasteiger partial charge in [-0.1, -0.05) is 16.8 Å². The van der Waals surface area contributed by atoms with Crippen LogP contribution in [0.15, 0.2) is 33.7 Å². The maximum absolute atomic E-state index is 11.4. The maximum atomic E-state index is 11.4. The summed E-state index contributed by atoms with van der Waals surface area (Å²) >= 11 is 5.97. The molecule has 0 bridgehead atoms. The molecule has 0 spiro atoms. The lowest BCUT2D eigenvalue weighted by Gasteiger charge is -2.03. The van der Waals surface area contributed by atoms with Gasteiger partial charge in [-0.2, -0.15) is 0 Å². The van der Waals surface area contributed by atoms with Crippen molar-refractivity contribution in [3.63, 3.8) is 0 Å². The number of nitrogens with zero attached hydrogens (tertiary/aromatic N) is 1. The molecule has 0 saturated heterocycles. The summed E-state index contributed by atoms with van der Waals surface area (Å²) in [6.07, 6.45) is 1.12. The molecule has 1 aromatic carbocycles. The van der Waals surface area contributed by atoms with Crippen LogP contribution < -0.4 is 5.73 Å². The van der Waals surface area contributed by atoms with Crippen molar-refractivity contribution in [1.82, 2.24) is 5.16 Å². The summed E-state index contributed by atoms with van der Waals surface area (Å²) in [6.45, 7) is 0. The van der Waals surface area contributed by atoms with Crippen molar-refractivity contribution in [3.05, 3.63) is 29.3 Å². The molecular weight excluding hydrogens is 264 g/mol. The number of sulfone groups is 1. The summed E-state index contributed by atoms with van der Waals surface area (Å²) in [5.41, 5.74) is 6.27. The molecule has 90 valence electrons. The van der Waals surface area contributed by atoms with Crippen LogP contribution in [0.5, 0.6) is 0 Å². The Bertz CT molecular complexity index is 664. The van der Waals surface area contributed by atoms with E-state index in [1.54, 1.807) is 0 Å². The number of hydrogen-bond donors (Lipinski definition) is 1. The van der Waals surface area contributed by atoms with Crippen molar-refractivity contribution in [2.45, 2.75) is 4.90 Å². The number of benzene rings is 1. The fourth-order valence-electron chi connectivity index (χ4n) is 1.35. The van der Waals surface area contributed by atoms with Crippen LogP contribution in [0, 0.1) is 0 Å². The van der Waals surface area contributed by atoms with Gasteiger partial charge in [-0.3, -0.25) is 0 Å². The zero-order chi connectivity index (χ0) is 12.6. The average Bonchev–Trinajstić information content (AvgIpc) is 2.63. The SMILES string of the molecule is CS(=O)(=O)c1ccc(Cl)c(-c2cc(N)on2)c1. The molecule has 2 rings (SSSR count). The lowest BCUT2D eigenvalue weighted by molar-refractivity contribution is 0.439. The zero-order valence-electron chi connectivity index (χ0n) is 8.84. The summed E-state index contributed by atoms with van der Waals surface area (Å²) in [7, 11) is -3.29. The molecule has 17 heavy (non-hydrogen) atoms. The minimum atomic E-state index is -3.29. The summed E-state index contributed by atoms with van der Waals surface area (Å²) in [5.74, 6) is 0.140. The van der Waals surface area contributed by atoms with Gasteiger partial charge in [0.05, 0.1) is 9.92 Å². The predicted octanol–water partition coefficient (Wildman–Crippen LogP) is 1.98. The van der Waals surface area contributed by atoms with Crippen molar-refractivity contribution >= 4 is 27.3 Å². The van der Waals surface area contributed by atoms with Crippen LogP contribution >= 0.6 is 11.6 Å². The first kappa shape index (κ1) is 11.9. The highest BCUT2D eigenvalue weighted by Crippen LogP contribution is 2.30. The normalized spacial score (nSPS) is 11.6. The molecule has 0 unspecified atom stereocenters. The van der Waals surface area contributed by atoms with Crippen LogP contribution in [0.3, 0.4) is 0 Å². The van der Waals surface area contributed by atoms with E-state index in [9.17, 15) is 8.42 Å². The number of halogens is 1. The smallest absolute Gasteiger partial charge is 0.222 e. The van der Waals surface area contributed by atoms with E-state index in [0.717, 1.165) is 6.26 Å². The van der Waals surface area contributed by atoms with E-state index in [2.05, 4.69) is 5.16 Å².